The number of nitrogens with one attached hydrogen (secondary N) is 1. The number of carbonyl (C=O) groups is 1. The molecular weight excluding hydrogens is 292 g/mol. The van der Waals surface area contributed by atoms with E-state index < -0.39 is 6.10 Å². The van der Waals surface area contributed by atoms with Crippen molar-refractivity contribution in [1.82, 2.24) is 20.1 Å². The largest absolute Gasteiger partial charge is 0.368 e. The van der Waals surface area contributed by atoms with Crippen LogP contribution in [0.1, 0.15) is 31.9 Å². The number of carbonyl (C=O) groups excluding carboxylic acids is 1. The third kappa shape index (κ3) is 5.49. The Morgan fingerprint density at radius 2 is 2.00 bits per heavy atom. The Bertz CT molecular complexity index is 611. The predicted molar refractivity (Wildman–Crippen MR) is 87.7 cm³/mol. The van der Waals surface area contributed by atoms with E-state index >= 15 is 0 Å². The van der Waals surface area contributed by atoms with Crippen molar-refractivity contribution in [2.24, 2.45) is 5.92 Å². The molecule has 1 amide bonds. The van der Waals surface area contributed by atoms with Crippen molar-refractivity contribution < 1.29 is 9.53 Å². The van der Waals surface area contributed by atoms with E-state index in [0.717, 1.165) is 11.1 Å². The van der Waals surface area contributed by atoms with Gasteiger partial charge in [-0.05, 0) is 24.0 Å². The van der Waals surface area contributed by atoms with E-state index in [2.05, 4.69) is 29.2 Å². The first-order valence-electron chi connectivity index (χ1n) is 7.84. The maximum Gasteiger partial charge on any atom is 0.249 e. The van der Waals surface area contributed by atoms with Crippen molar-refractivity contribution in [3.63, 3.8) is 0 Å². The molecule has 0 fully saturated rings. The summed E-state index contributed by atoms with van der Waals surface area (Å²) in [5, 5.41) is 7.05. The predicted octanol–water partition coefficient (Wildman–Crippen LogP) is 2.00. The molecule has 1 aromatic carbocycles. The van der Waals surface area contributed by atoms with E-state index in [4.69, 9.17) is 4.74 Å². The summed E-state index contributed by atoms with van der Waals surface area (Å²) in [6, 6.07) is 7.98. The zero-order valence-electron chi connectivity index (χ0n) is 13.9. The molecular formula is C17H24N4O2. The van der Waals surface area contributed by atoms with Crippen LogP contribution in [0, 0.1) is 5.92 Å². The smallest absolute Gasteiger partial charge is 0.249 e. The number of ether oxygens (including phenoxy) is 1. The molecule has 1 aromatic heterocycles. The van der Waals surface area contributed by atoms with Crippen molar-refractivity contribution in [1.29, 1.82) is 0 Å². The van der Waals surface area contributed by atoms with E-state index in [9.17, 15) is 4.79 Å². The first-order valence-corrected chi connectivity index (χ1v) is 7.84. The highest BCUT2D eigenvalue weighted by atomic mass is 16.5. The molecule has 1 unspecified atom stereocenters. The van der Waals surface area contributed by atoms with Crippen LogP contribution in [0.15, 0.2) is 36.9 Å². The first-order chi connectivity index (χ1) is 11.1. The molecule has 2 rings (SSSR count). The van der Waals surface area contributed by atoms with Gasteiger partial charge in [0.25, 0.3) is 0 Å². The van der Waals surface area contributed by atoms with Gasteiger partial charge in [-0.3, -0.25) is 4.79 Å². The van der Waals surface area contributed by atoms with Crippen LogP contribution in [0.5, 0.6) is 0 Å². The maximum atomic E-state index is 12.1. The second-order valence-electron chi connectivity index (χ2n) is 5.95. The number of hydrogen-bond donors (Lipinski definition) is 1. The lowest BCUT2D eigenvalue weighted by molar-refractivity contribution is -0.132. The second kappa shape index (κ2) is 8.43. The third-order valence-corrected chi connectivity index (χ3v) is 3.42. The SMILES string of the molecule is CC(C)COC(C)C(=O)NCc1ccccc1Cn1cncn1. The highest BCUT2D eigenvalue weighted by molar-refractivity contribution is 5.80. The number of amides is 1. The molecule has 124 valence electrons. The quantitative estimate of drug-likeness (QED) is 0.809. The molecule has 6 nitrogen and oxygen atoms in total. The van der Waals surface area contributed by atoms with Gasteiger partial charge in [-0.1, -0.05) is 38.1 Å². The van der Waals surface area contributed by atoms with Gasteiger partial charge in [0.05, 0.1) is 6.54 Å². The van der Waals surface area contributed by atoms with Crippen LogP contribution in [-0.4, -0.2) is 33.4 Å². The van der Waals surface area contributed by atoms with Crippen molar-refractivity contribution in [3.05, 3.63) is 48.0 Å². The van der Waals surface area contributed by atoms with Gasteiger partial charge in [0, 0.05) is 13.2 Å². The van der Waals surface area contributed by atoms with Crippen LogP contribution >= 0.6 is 0 Å². The van der Waals surface area contributed by atoms with Gasteiger partial charge < -0.3 is 10.1 Å². The fourth-order valence-corrected chi connectivity index (χ4v) is 2.11. The summed E-state index contributed by atoms with van der Waals surface area (Å²) in [6.07, 6.45) is 2.75. The van der Waals surface area contributed by atoms with Crippen molar-refractivity contribution >= 4 is 5.91 Å². The van der Waals surface area contributed by atoms with E-state index in [-0.39, 0.29) is 5.91 Å². The summed E-state index contributed by atoms with van der Waals surface area (Å²) in [6.45, 7) is 7.58. The molecule has 6 heteroatoms. The molecule has 23 heavy (non-hydrogen) atoms. The standard InChI is InChI=1S/C17H24N4O2/c1-13(2)10-23-14(3)17(22)19-8-15-6-4-5-7-16(15)9-21-12-18-11-20-21/h4-7,11-14H,8-10H2,1-3H3,(H,19,22). The van der Waals surface area contributed by atoms with Gasteiger partial charge in [-0.2, -0.15) is 5.10 Å². The van der Waals surface area contributed by atoms with Gasteiger partial charge >= 0.3 is 0 Å². The normalized spacial score (nSPS) is 12.3. The molecule has 0 radical (unpaired) electrons. The lowest BCUT2D eigenvalue weighted by Crippen LogP contribution is -2.35. The van der Waals surface area contributed by atoms with E-state index in [1.165, 1.54) is 6.33 Å². The van der Waals surface area contributed by atoms with Gasteiger partial charge in [-0.25, -0.2) is 9.67 Å². The van der Waals surface area contributed by atoms with Crippen molar-refractivity contribution in [2.45, 2.75) is 40.0 Å². The number of hydrogen-bond acceptors (Lipinski definition) is 4. The number of aromatic nitrogens is 3. The summed E-state index contributed by atoms with van der Waals surface area (Å²) < 4.78 is 7.29. The molecule has 0 aliphatic heterocycles. The summed E-state index contributed by atoms with van der Waals surface area (Å²) in [5.41, 5.74) is 2.17. The molecule has 1 heterocycles. The number of rotatable bonds is 8. The molecule has 1 atom stereocenters. The summed E-state index contributed by atoms with van der Waals surface area (Å²) in [7, 11) is 0. The second-order valence-corrected chi connectivity index (χ2v) is 5.95. The fraction of sp³-hybridized carbons (Fsp3) is 0.471. The van der Waals surface area contributed by atoms with Gasteiger partial charge in [0.2, 0.25) is 5.91 Å². The summed E-state index contributed by atoms with van der Waals surface area (Å²) in [4.78, 5) is 16.0. The molecule has 2 aromatic rings. The van der Waals surface area contributed by atoms with Crippen LogP contribution < -0.4 is 5.32 Å². The van der Waals surface area contributed by atoms with E-state index in [1.807, 2.05) is 24.3 Å². The molecule has 1 N–H and O–H groups in total. The summed E-state index contributed by atoms with van der Waals surface area (Å²) >= 11 is 0. The average molecular weight is 316 g/mol. The molecule has 0 aliphatic rings. The lowest BCUT2D eigenvalue weighted by atomic mass is 10.1. The minimum atomic E-state index is -0.445. The number of nitrogens with zero attached hydrogens (tertiary/aromatic N) is 3. The monoisotopic (exact) mass is 316 g/mol. The minimum absolute atomic E-state index is 0.0961. The summed E-state index contributed by atoms with van der Waals surface area (Å²) in [5.74, 6) is 0.315. The molecule has 0 saturated heterocycles. The van der Waals surface area contributed by atoms with Crippen LogP contribution in [0.2, 0.25) is 0 Å². The van der Waals surface area contributed by atoms with Crippen molar-refractivity contribution in [3.8, 4) is 0 Å². The van der Waals surface area contributed by atoms with Crippen LogP contribution in [0.25, 0.3) is 0 Å². The zero-order valence-corrected chi connectivity index (χ0v) is 13.9. The zero-order chi connectivity index (χ0) is 16.7. The Balaban J connectivity index is 1.91. The highest BCUT2D eigenvalue weighted by Crippen LogP contribution is 2.10. The van der Waals surface area contributed by atoms with Crippen LogP contribution in [-0.2, 0) is 22.6 Å². The lowest BCUT2D eigenvalue weighted by Gasteiger charge is -2.16. The Morgan fingerprint density at radius 1 is 1.26 bits per heavy atom. The van der Waals surface area contributed by atoms with Crippen LogP contribution in [0.3, 0.4) is 0 Å². The topological polar surface area (TPSA) is 69.0 Å². The van der Waals surface area contributed by atoms with Gasteiger partial charge in [-0.15, -0.1) is 0 Å². The molecule has 0 spiro atoms. The molecule has 0 aliphatic carbocycles. The Labute approximate surface area is 136 Å². The molecule has 0 saturated carbocycles. The van der Waals surface area contributed by atoms with Gasteiger partial charge in [0.15, 0.2) is 0 Å². The average Bonchev–Trinajstić information content (AvgIpc) is 3.04. The Morgan fingerprint density at radius 3 is 2.65 bits per heavy atom. The first kappa shape index (κ1) is 17.1. The Kier molecular flexibility index (Phi) is 6.29. The van der Waals surface area contributed by atoms with Crippen molar-refractivity contribution in [2.75, 3.05) is 6.61 Å². The fourth-order valence-electron chi connectivity index (χ4n) is 2.11. The molecule has 0 bridgehead atoms. The Hall–Kier alpha value is -2.21. The highest BCUT2D eigenvalue weighted by Gasteiger charge is 2.14. The van der Waals surface area contributed by atoms with Crippen LogP contribution in [0.4, 0.5) is 0 Å². The maximum absolute atomic E-state index is 12.1. The third-order valence-electron chi connectivity index (χ3n) is 3.42. The minimum Gasteiger partial charge on any atom is -0.368 e. The van der Waals surface area contributed by atoms with E-state index in [0.29, 0.717) is 25.6 Å². The number of benzene rings is 1. The van der Waals surface area contributed by atoms with E-state index in [1.54, 1.807) is 17.9 Å². The van der Waals surface area contributed by atoms with Gasteiger partial charge in [0.1, 0.15) is 18.8 Å².